The average Bonchev–Trinajstić information content (AvgIpc) is 2.74. The molecule has 29 heavy (non-hydrogen) atoms. The van der Waals surface area contributed by atoms with Gasteiger partial charge in [-0.3, -0.25) is 4.99 Å². The van der Waals surface area contributed by atoms with E-state index in [-0.39, 0.29) is 0 Å². The van der Waals surface area contributed by atoms with Gasteiger partial charge in [-0.1, -0.05) is 54.1 Å². The standard InChI is InChI=1S/C24H15ClINO2/c25-18-12-9-17(10-13-18)24(28)29-23-14-11-16-5-1-2-6-19(16)20(23)15-27-22-8-4-3-7-21(22)26/h1-15H. The minimum atomic E-state index is -0.444. The average molecular weight is 512 g/mol. The Kier molecular flexibility index (Phi) is 5.92. The molecule has 0 N–H and O–H groups in total. The van der Waals surface area contributed by atoms with Crippen molar-refractivity contribution in [2.75, 3.05) is 0 Å². The second kappa shape index (κ2) is 8.76. The number of benzene rings is 4. The highest BCUT2D eigenvalue weighted by atomic mass is 127. The molecule has 4 rings (SSSR count). The lowest BCUT2D eigenvalue weighted by Crippen LogP contribution is -2.09. The van der Waals surface area contributed by atoms with Crippen molar-refractivity contribution in [1.29, 1.82) is 0 Å². The molecule has 0 spiro atoms. The normalized spacial score (nSPS) is 11.1. The molecule has 0 unspecified atom stereocenters. The number of hydrogen-bond donors (Lipinski definition) is 0. The Labute approximate surface area is 187 Å². The molecule has 0 heterocycles. The van der Waals surface area contributed by atoms with Crippen molar-refractivity contribution in [1.82, 2.24) is 0 Å². The molecule has 3 nitrogen and oxygen atoms in total. The zero-order chi connectivity index (χ0) is 20.2. The van der Waals surface area contributed by atoms with Crippen LogP contribution in [0.15, 0.2) is 89.9 Å². The molecule has 4 aromatic rings. The van der Waals surface area contributed by atoms with Gasteiger partial charge < -0.3 is 4.74 Å². The van der Waals surface area contributed by atoms with Crippen molar-refractivity contribution >= 4 is 62.8 Å². The zero-order valence-corrected chi connectivity index (χ0v) is 18.1. The Bertz CT molecular complexity index is 1220. The first-order chi connectivity index (χ1) is 14.1. The summed E-state index contributed by atoms with van der Waals surface area (Å²) in [5.74, 6) is 0.0132. The summed E-state index contributed by atoms with van der Waals surface area (Å²) in [5, 5.41) is 2.57. The number of nitrogens with zero attached hydrogens (tertiary/aromatic N) is 1. The molecule has 5 heteroatoms. The van der Waals surface area contributed by atoms with Crippen LogP contribution in [0.2, 0.25) is 5.02 Å². The van der Waals surface area contributed by atoms with Gasteiger partial charge >= 0.3 is 5.97 Å². The van der Waals surface area contributed by atoms with Crippen LogP contribution in [0.25, 0.3) is 10.8 Å². The lowest BCUT2D eigenvalue weighted by molar-refractivity contribution is 0.0735. The van der Waals surface area contributed by atoms with Gasteiger partial charge in [-0.05, 0) is 75.8 Å². The van der Waals surface area contributed by atoms with Crippen molar-refractivity contribution in [2.45, 2.75) is 0 Å². The first-order valence-electron chi connectivity index (χ1n) is 8.90. The van der Waals surface area contributed by atoms with Gasteiger partial charge in [-0.15, -0.1) is 0 Å². The fourth-order valence-electron chi connectivity index (χ4n) is 2.93. The molecule has 0 aliphatic rings. The molecule has 0 aliphatic carbocycles. The van der Waals surface area contributed by atoms with Crippen LogP contribution in [-0.4, -0.2) is 12.2 Å². The highest BCUT2D eigenvalue weighted by molar-refractivity contribution is 14.1. The van der Waals surface area contributed by atoms with Crippen molar-refractivity contribution in [2.24, 2.45) is 4.99 Å². The monoisotopic (exact) mass is 511 g/mol. The summed E-state index contributed by atoms with van der Waals surface area (Å²) in [5.41, 5.74) is 2.05. The number of esters is 1. The summed E-state index contributed by atoms with van der Waals surface area (Å²) in [6.07, 6.45) is 1.75. The van der Waals surface area contributed by atoms with Crippen LogP contribution in [-0.2, 0) is 0 Å². The van der Waals surface area contributed by atoms with Gasteiger partial charge in [-0.2, -0.15) is 0 Å². The molecular formula is C24H15ClINO2. The van der Waals surface area contributed by atoms with Crippen LogP contribution in [0.4, 0.5) is 5.69 Å². The van der Waals surface area contributed by atoms with E-state index in [0.29, 0.717) is 16.3 Å². The number of aliphatic imine (C=N–C) groups is 1. The van der Waals surface area contributed by atoms with Gasteiger partial charge in [-0.25, -0.2) is 4.79 Å². The third-order valence-corrected chi connectivity index (χ3v) is 5.56. The van der Waals surface area contributed by atoms with Gasteiger partial charge in [0.25, 0.3) is 0 Å². The number of hydrogen-bond acceptors (Lipinski definition) is 3. The van der Waals surface area contributed by atoms with Gasteiger partial charge in [0.1, 0.15) is 5.75 Å². The fraction of sp³-hybridized carbons (Fsp3) is 0. The van der Waals surface area contributed by atoms with Gasteiger partial charge in [0.2, 0.25) is 0 Å². The summed E-state index contributed by atoms with van der Waals surface area (Å²) in [7, 11) is 0. The molecule has 0 aromatic heterocycles. The van der Waals surface area contributed by atoms with E-state index in [1.807, 2.05) is 54.6 Å². The number of rotatable bonds is 4. The van der Waals surface area contributed by atoms with E-state index in [0.717, 1.165) is 25.6 Å². The number of halogens is 2. The van der Waals surface area contributed by atoms with Crippen molar-refractivity contribution in [3.05, 3.63) is 105 Å². The minimum absolute atomic E-state index is 0.433. The largest absolute Gasteiger partial charge is 0.422 e. The fourth-order valence-corrected chi connectivity index (χ4v) is 3.59. The third kappa shape index (κ3) is 4.49. The summed E-state index contributed by atoms with van der Waals surface area (Å²) in [4.78, 5) is 17.3. The van der Waals surface area contributed by atoms with Gasteiger partial charge in [0.05, 0.1) is 11.3 Å². The number of fused-ring (bicyclic) bond motifs is 1. The lowest BCUT2D eigenvalue weighted by Gasteiger charge is -2.11. The van der Waals surface area contributed by atoms with E-state index in [9.17, 15) is 4.79 Å². The van der Waals surface area contributed by atoms with Crippen LogP contribution in [0.1, 0.15) is 15.9 Å². The van der Waals surface area contributed by atoms with E-state index in [1.54, 1.807) is 36.5 Å². The van der Waals surface area contributed by atoms with Gasteiger partial charge in [0.15, 0.2) is 0 Å². The summed E-state index contributed by atoms with van der Waals surface area (Å²) in [6.45, 7) is 0. The molecule has 0 fully saturated rings. The molecule has 4 aromatic carbocycles. The maximum Gasteiger partial charge on any atom is 0.343 e. The molecule has 0 aliphatic heterocycles. The molecule has 142 valence electrons. The van der Waals surface area contributed by atoms with E-state index in [1.165, 1.54) is 0 Å². The van der Waals surface area contributed by atoms with E-state index < -0.39 is 5.97 Å². The molecule has 0 amide bonds. The summed E-state index contributed by atoms with van der Waals surface area (Å²) >= 11 is 8.16. The quantitative estimate of drug-likeness (QED) is 0.127. The van der Waals surface area contributed by atoms with E-state index in [2.05, 4.69) is 27.6 Å². The Morgan fingerprint density at radius 3 is 2.41 bits per heavy atom. The van der Waals surface area contributed by atoms with Crippen LogP contribution >= 0.6 is 34.2 Å². The Balaban J connectivity index is 1.75. The lowest BCUT2D eigenvalue weighted by atomic mass is 10.0. The maximum atomic E-state index is 12.6. The first-order valence-corrected chi connectivity index (χ1v) is 10.4. The summed E-state index contributed by atoms with van der Waals surface area (Å²) in [6, 6.07) is 26.2. The summed E-state index contributed by atoms with van der Waals surface area (Å²) < 4.78 is 6.77. The van der Waals surface area contributed by atoms with Crippen LogP contribution < -0.4 is 4.74 Å². The van der Waals surface area contributed by atoms with Crippen molar-refractivity contribution in [3.8, 4) is 5.75 Å². The predicted molar refractivity (Wildman–Crippen MR) is 127 cm³/mol. The molecule has 0 atom stereocenters. The number of carbonyl (C=O) groups is 1. The molecule has 0 saturated carbocycles. The predicted octanol–water partition coefficient (Wildman–Crippen LogP) is 7.07. The molecular weight excluding hydrogens is 497 g/mol. The second-order valence-electron chi connectivity index (χ2n) is 6.30. The topological polar surface area (TPSA) is 38.7 Å². The number of ether oxygens (including phenoxy) is 1. The zero-order valence-electron chi connectivity index (χ0n) is 15.2. The smallest absolute Gasteiger partial charge is 0.343 e. The maximum absolute atomic E-state index is 12.6. The molecule has 0 saturated heterocycles. The minimum Gasteiger partial charge on any atom is -0.422 e. The van der Waals surface area contributed by atoms with Crippen LogP contribution in [0.3, 0.4) is 0 Å². The van der Waals surface area contributed by atoms with Crippen LogP contribution in [0, 0.1) is 3.57 Å². The first kappa shape index (κ1) is 19.6. The number of carbonyl (C=O) groups excluding carboxylic acids is 1. The number of para-hydroxylation sites is 1. The highest BCUT2D eigenvalue weighted by Crippen LogP contribution is 2.29. The third-order valence-electron chi connectivity index (χ3n) is 4.40. The Morgan fingerprint density at radius 1 is 0.897 bits per heavy atom. The Morgan fingerprint density at radius 2 is 1.62 bits per heavy atom. The SMILES string of the molecule is O=C(Oc1ccc2ccccc2c1C=Nc1ccccc1I)c1ccc(Cl)cc1. The van der Waals surface area contributed by atoms with E-state index in [4.69, 9.17) is 16.3 Å². The molecule has 0 radical (unpaired) electrons. The molecule has 0 bridgehead atoms. The van der Waals surface area contributed by atoms with Crippen LogP contribution in [0.5, 0.6) is 5.75 Å². The Hall–Kier alpha value is -2.70. The van der Waals surface area contributed by atoms with E-state index >= 15 is 0 Å². The van der Waals surface area contributed by atoms with Crippen molar-refractivity contribution < 1.29 is 9.53 Å². The second-order valence-corrected chi connectivity index (χ2v) is 7.90. The van der Waals surface area contributed by atoms with Crippen molar-refractivity contribution in [3.63, 3.8) is 0 Å². The van der Waals surface area contributed by atoms with Gasteiger partial charge in [0, 0.05) is 20.4 Å². The highest BCUT2D eigenvalue weighted by Gasteiger charge is 2.13.